The highest BCUT2D eigenvalue weighted by atomic mass is 19.4. The summed E-state index contributed by atoms with van der Waals surface area (Å²) in [7, 11) is 1.36. The third-order valence-electron chi connectivity index (χ3n) is 2.56. The summed E-state index contributed by atoms with van der Waals surface area (Å²) in [5.41, 5.74) is -0.420. The van der Waals surface area contributed by atoms with Crippen molar-refractivity contribution in [2.75, 3.05) is 13.9 Å². The Morgan fingerprint density at radius 2 is 1.78 bits per heavy atom. The van der Waals surface area contributed by atoms with E-state index >= 15 is 0 Å². The van der Waals surface area contributed by atoms with E-state index in [1.54, 1.807) is 6.07 Å². The van der Waals surface area contributed by atoms with E-state index in [1.807, 2.05) is 20.8 Å². The summed E-state index contributed by atoms with van der Waals surface area (Å²) in [6.07, 6.45) is 0. The number of hydrogen-bond acceptors (Lipinski definition) is 2. The molecule has 0 saturated heterocycles. The molecule has 0 aliphatic heterocycles. The molecule has 102 valence electrons. The molecule has 0 aliphatic carbocycles. The van der Waals surface area contributed by atoms with E-state index in [9.17, 15) is 12.9 Å². The van der Waals surface area contributed by atoms with Gasteiger partial charge in [-0.3, -0.25) is 0 Å². The van der Waals surface area contributed by atoms with E-state index in [0.717, 1.165) is 6.07 Å². The maximum atomic E-state index is 13.0. The Morgan fingerprint density at radius 1 is 1.17 bits per heavy atom. The highest BCUT2D eigenvalue weighted by molar-refractivity contribution is 6.74. The molecule has 0 aliphatic rings. The van der Waals surface area contributed by atoms with Crippen LogP contribution in [0.25, 0.3) is 0 Å². The van der Waals surface area contributed by atoms with E-state index in [2.05, 4.69) is 4.74 Å². The van der Waals surface area contributed by atoms with Crippen molar-refractivity contribution in [3.8, 4) is 5.75 Å². The summed E-state index contributed by atoms with van der Waals surface area (Å²) in [5, 5.41) is 0. The Kier molecular flexibility index (Phi) is 4.32. The van der Waals surface area contributed by atoms with Gasteiger partial charge in [0.1, 0.15) is 0 Å². The number of rotatable bonds is 4. The van der Waals surface area contributed by atoms with E-state index in [0.29, 0.717) is 5.56 Å². The van der Waals surface area contributed by atoms with Crippen LogP contribution in [0.1, 0.15) is 26.3 Å². The summed E-state index contributed by atoms with van der Waals surface area (Å²) in [4.78, 5) is 0. The fourth-order valence-electron chi connectivity index (χ4n) is 1.52. The predicted molar refractivity (Wildman–Crippen MR) is 66.4 cm³/mol. The van der Waals surface area contributed by atoms with Crippen LogP contribution < -0.4 is 10.2 Å². The van der Waals surface area contributed by atoms with Crippen LogP contribution in [0.4, 0.5) is 12.9 Å². The van der Waals surface area contributed by atoms with Gasteiger partial charge in [-0.05, 0) is 17.0 Å². The topological polar surface area (TPSA) is 18.5 Å². The smallest absolute Gasteiger partial charge is 0.471 e. The number of ether oxygens (including phenoxy) is 2. The Labute approximate surface area is 105 Å². The SMILES string of the molecule is COCOc1ccc(C(C)(C)C)cc1[B-](F)(F)F. The molecule has 0 saturated carbocycles. The van der Waals surface area contributed by atoms with Gasteiger partial charge in [-0.1, -0.05) is 38.4 Å². The van der Waals surface area contributed by atoms with Crippen LogP contribution in [0.2, 0.25) is 0 Å². The van der Waals surface area contributed by atoms with Crippen molar-refractivity contribution in [2.45, 2.75) is 26.2 Å². The van der Waals surface area contributed by atoms with Crippen LogP contribution in [0.5, 0.6) is 5.75 Å². The monoisotopic (exact) mass is 261 g/mol. The molecule has 0 bridgehead atoms. The zero-order chi connectivity index (χ0) is 14.0. The zero-order valence-corrected chi connectivity index (χ0v) is 11.0. The van der Waals surface area contributed by atoms with Crippen LogP contribution in [-0.4, -0.2) is 20.9 Å². The molecule has 0 atom stereocenters. The van der Waals surface area contributed by atoms with Crippen molar-refractivity contribution in [2.24, 2.45) is 0 Å². The molecular weight excluding hydrogens is 244 g/mol. The minimum absolute atomic E-state index is 0.183. The van der Waals surface area contributed by atoms with Crippen molar-refractivity contribution in [3.63, 3.8) is 0 Å². The van der Waals surface area contributed by atoms with Crippen molar-refractivity contribution >= 4 is 12.4 Å². The largest absolute Gasteiger partial charge is 0.513 e. The van der Waals surface area contributed by atoms with Crippen LogP contribution in [0, 0.1) is 0 Å². The van der Waals surface area contributed by atoms with Crippen LogP contribution >= 0.6 is 0 Å². The van der Waals surface area contributed by atoms with Gasteiger partial charge in [0.05, 0.1) is 5.75 Å². The molecule has 2 nitrogen and oxygen atoms in total. The summed E-state index contributed by atoms with van der Waals surface area (Å²) in [5.74, 6) is -0.183. The molecule has 6 heteroatoms. The molecule has 0 N–H and O–H groups in total. The number of benzene rings is 1. The van der Waals surface area contributed by atoms with Gasteiger partial charge in [-0.2, -0.15) is 0 Å². The molecule has 0 amide bonds. The molecule has 0 heterocycles. The molecule has 0 spiro atoms. The number of halogens is 3. The average molecular weight is 261 g/mol. The molecule has 0 fully saturated rings. The third kappa shape index (κ3) is 3.66. The minimum Gasteiger partial charge on any atom is -0.471 e. The van der Waals surface area contributed by atoms with Crippen molar-refractivity contribution in [1.29, 1.82) is 0 Å². The number of hydrogen-bond donors (Lipinski definition) is 0. The van der Waals surface area contributed by atoms with E-state index in [1.165, 1.54) is 13.2 Å². The standard InChI is InChI=1S/C12H17BF3O2/c1-12(2,3)9-5-6-11(18-8-17-4)10(7-9)13(14,15)16/h5-7H,8H2,1-4H3/q-1. The quantitative estimate of drug-likeness (QED) is 0.612. The summed E-state index contributed by atoms with van der Waals surface area (Å²) in [6, 6.07) is 4.16. The lowest BCUT2D eigenvalue weighted by Crippen LogP contribution is -2.36. The molecule has 18 heavy (non-hydrogen) atoms. The van der Waals surface area contributed by atoms with Crippen molar-refractivity contribution in [3.05, 3.63) is 23.8 Å². The van der Waals surface area contributed by atoms with Crippen molar-refractivity contribution in [1.82, 2.24) is 0 Å². The molecule has 1 aromatic carbocycles. The first-order valence-corrected chi connectivity index (χ1v) is 5.62. The summed E-state index contributed by atoms with van der Waals surface area (Å²) >= 11 is 0. The maximum Gasteiger partial charge on any atom is 0.513 e. The minimum atomic E-state index is -5.11. The average Bonchev–Trinajstić information content (AvgIpc) is 2.23. The molecule has 0 radical (unpaired) electrons. The van der Waals surface area contributed by atoms with Crippen LogP contribution in [0.15, 0.2) is 18.2 Å². The Bertz CT molecular complexity index is 411. The molecular formula is C12H17BF3O2-. The Morgan fingerprint density at radius 3 is 2.22 bits per heavy atom. The van der Waals surface area contributed by atoms with Gasteiger partial charge in [-0.25, -0.2) is 0 Å². The first kappa shape index (κ1) is 14.9. The zero-order valence-electron chi connectivity index (χ0n) is 11.0. The third-order valence-corrected chi connectivity index (χ3v) is 2.56. The Hall–Kier alpha value is -1.17. The first-order valence-electron chi connectivity index (χ1n) is 5.62. The molecule has 0 unspecified atom stereocenters. The van der Waals surface area contributed by atoms with E-state index < -0.39 is 12.4 Å². The van der Waals surface area contributed by atoms with Gasteiger partial charge in [-0.15, -0.1) is 0 Å². The van der Waals surface area contributed by atoms with Gasteiger partial charge < -0.3 is 22.4 Å². The lowest BCUT2D eigenvalue weighted by molar-refractivity contribution is 0.0516. The lowest BCUT2D eigenvalue weighted by Gasteiger charge is -2.25. The Balaban J connectivity index is 3.21. The van der Waals surface area contributed by atoms with Gasteiger partial charge in [0.25, 0.3) is 0 Å². The highest BCUT2D eigenvalue weighted by Gasteiger charge is 2.30. The fourth-order valence-corrected chi connectivity index (χ4v) is 1.52. The fraction of sp³-hybridized carbons (Fsp3) is 0.500. The second-order valence-corrected chi connectivity index (χ2v) is 5.13. The molecule has 0 aromatic heterocycles. The second-order valence-electron chi connectivity index (χ2n) is 5.13. The second kappa shape index (κ2) is 5.22. The normalized spacial score (nSPS) is 12.6. The van der Waals surface area contributed by atoms with E-state index in [-0.39, 0.29) is 18.0 Å². The van der Waals surface area contributed by atoms with Crippen LogP contribution in [0.3, 0.4) is 0 Å². The van der Waals surface area contributed by atoms with E-state index in [4.69, 9.17) is 4.74 Å². The van der Waals surface area contributed by atoms with Crippen molar-refractivity contribution < 1.29 is 22.4 Å². The van der Waals surface area contributed by atoms with Gasteiger partial charge >= 0.3 is 6.98 Å². The lowest BCUT2D eigenvalue weighted by atomic mass is 9.75. The van der Waals surface area contributed by atoms with Gasteiger partial charge in [0, 0.05) is 7.11 Å². The first-order chi connectivity index (χ1) is 8.16. The van der Waals surface area contributed by atoms with Crippen LogP contribution in [-0.2, 0) is 10.2 Å². The molecule has 1 rings (SSSR count). The van der Waals surface area contributed by atoms with Gasteiger partial charge in [0.2, 0.25) is 0 Å². The van der Waals surface area contributed by atoms with Gasteiger partial charge in [0.15, 0.2) is 6.79 Å². The number of methoxy groups -OCH3 is 1. The summed E-state index contributed by atoms with van der Waals surface area (Å²) in [6.45, 7) is 0.293. The molecule has 1 aromatic rings. The highest BCUT2D eigenvalue weighted by Crippen LogP contribution is 2.26. The predicted octanol–water partition coefficient (Wildman–Crippen LogP) is 3.02. The maximum absolute atomic E-state index is 13.0. The summed E-state index contributed by atoms with van der Waals surface area (Å²) < 4.78 is 48.5.